The summed E-state index contributed by atoms with van der Waals surface area (Å²) in [5.41, 5.74) is 3.40. The van der Waals surface area contributed by atoms with Crippen LogP contribution in [0, 0.1) is 11.3 Å². The van der Waals surface area contributed by atoms with Gasteiger partial charge in [0.05, 0.1) is 18.0 Å². The quantitative estimate of drug-likeness (QED) is 0.388. The molecule has 2 N–H and O–H groups in total. The number of H-pyrrole nitrogens is 1. The monoisotopic (exact) mass is 626 g/mol. The van der Waals surface area contributed by atoms with Gasteiger partial charge in [-0.1, -0.05) is 12.1 Å². The molecule has 2 heterocycles. The third-order valence-electron chi connectivity index (χ3n) is 9.21. The fraction of sp³-hybridized carbons (Fsp3) is 0.471. The highest BCUT2D eigenvalue weighted by atomic mass is 16.2. The Balaban J connectivity index is 1.66. The van der Waals surface area contributed by atoms with Crippen molar-refractivity contribution in [1.29, 1.82) is 5.26 Å². The van der Waals surface area contributed by atoms with Crippen LogP contribution >= 0.6 is 0 Å². The van der Waals surface area contributed by atoms with Crippen LogP contribution in [0.15, 0.2) is 41.2 Å². The van der Waals surface area contributed by atoms with E-state index < -0.39 is 11.5 Å². The number of aromatic nitrogens is 3. The number of nitrogens with zero attached hydrogens (tertiary/aromatic N) is 6. The molecule has 242 valence electrons. The van der Waals surface area contributed by atoms with E-state index in [1.807, 2.05) is 43.3 Å². The van der Waals surface area contributed by atoms with Crippen molar-refractivity contribution in [3.63, 3.8) is 0 Å². The summed E-state index contributed by atoms with van der Waals surface area (Å²) < 4.78 is 1.27. The third kappa shape index (κ3) is 5.95. The van der Waals surface area contributed by atoms with E-state index in [1.54, 1.807) is 40.1 Å². The average molecular weight is 627 g/mol. The molecule has 5 rings (SSSR count). The smallest absolute Gasteiger partial charge is 0.343 e. The van der Waals surface area contributed by atoms with Gasteiger partial charge < -0.3 is 20.0 Å². The van der Waals surface area contributed by atoms with Gasteiger partial charge in [0.15, 0.2) is 0 Å². The van der Waals surface area contributed by atoms with Crippen molar-refractivity contribution in [2.24, 2.45) is 7.05 Å². The van der Waals surface area contributed by atoms with Gasteiger partial charge in [-0.15, -0.1) is 0 Å². The van der Waals surface area contributed by atoms with Crippen LogP contribution in [-0.4, -0.2) is 101 Å². The molecule has 2 aliphatic rings. The fourth-order valence-corrected chi connectivity index (χ4v) is 6.89. The molecular weight excluding hydrogens is 584 g/mol. The lowest BCUT2D eigenvalue weighted by Gasteiger charge is -2.37. The van der Waals surface area contributed by atoms with Gasteiger partial charge >= 0.3 is 5.69 Å². The molecule has 3 amide bonds. The number of hydrogen-bond acceptors (Lipinski definition) is 7. The van der Waals surface area contributed by atoms with E-state index in [4.69, 9.17) is 5.10 Å². The SMILES string of the molecule is C[C@@H](CC1(c2nn(C)c(=O)[nH]2)c2ccc(C(=O)N(C)C)cc2CCc2cc(C(=O)N(C)C)ccc21)NCC(=O)N1CCC[C@H]1C#N. The Morgan fingerprint density at radius 1 is 1.04 bits per heavy atom. The van der Waals surface area contributed by atoms with Gasteiger partial charge in [-0.05, 0) is 85.5 Å². The van der Waals surface area contributed by atoms with Crippen LogP contribution in [0.2, 0.25) is 0 Å². The lowest BCUT2D eigenvalue weighted by molar-refractivity contribution is -0.130. The molecule has 1 aromatic heterocycles. The molecule has 0 saturated carbocycles. The first-order chi connectivity index (χ1) is 21.9. The number of aromatic amines is 1. The molecule has 3 aromatic rings. The molecule has 2 atom stereocenters. The summed E-state index contributed by atoms with van der Waals surface area (Å²) in [6.45, 7) is 2.61. The highest BCUT2D eigenvalue weighted by Crippen LogP contribution is 2.47. The van der Waals surface area contributed by atoms with Crippen molar-refractivity contribution in [2.45, 2.75) is 56.5 Å². The van der Waals surface area contributed by atoms with E-state index in [9.17, 15) is 24.4 Å². The summed E-state index contributed by atoms with van der Waals surface area (Å²) in [4.78, 5) is 59.9. The lowest BCUT2D eigenvalue weighted by atomic mass is 9.67. The Morgan fingerprint density at radius 2 is 1.61 bits per heavy atom. The first-order valence-electron chi connectivity index (χ1n) is 15.6. The predicted octanol–water partition coefficient (Wildman–Crippen LogP) is 1.83. The summed E-state index contributed by atoms with van der Waals surface area (Å²) in [6, 6.07) is 12.9. The summed E-state index contributed by atoms with van der Waals surface area (Å²) in [5.74, 6) is 0.0705. The maximum atomic E-state index is 13.2. The van der Waals surface area contributed by atoms with E-state index >= 15 is 0 Å². The summed E-state index contributed by atoms with van der Waals surface area (Å²) in [6.07, 6.45) is 3.08. The topological polar surface area (TPSA) is 147 Å². The lowest BCUT2D eigenvalue weighted by Crippen LogP contribution is -2.45. The minimum atomic E-state index is -1.00. The molecule has 0 radical (unpaired) electrons. The maximum Gasteiger partial charge on any atom is 0.343 e. The van der Waals surface area contributed by atoms with Gasteiger partial charge in [-0.3, -0.25) is 19.4 Å². The number of fused-ring (bicyclic) bond motifs is 2. The van der Waals surface area contributed by atoms with E-state index in [2.05, 4.69) is 16.4 Å². The third-order valence-corrected chi connectivity index (χ3v) is 9.21. The Kier molecular flexibility index (Phi) is 9.17. The molecule has 12 nitrogen and oxygen atoms in total. The van der Waals surface area contributed by atoms with Crippen LogP contribution in [-0.2, 0) is 30.1 Å². The van der Waals surface area contributed by atoms with E-state index in [0.29, 0.717) is 49.2 Å². The van der Waals surface area contributed by atoms with Crippen LogP contribution in [0.25, 0.3) is 0 Å². The van der Waals surface area contributed by atoms with Crippen molar-refractivity contribution < 1.29 is 14.4 Å². The zero-order valence-electron chi connectivity index (χ0n) is 27.4. The first-order valence-corrected chi connectivity index (χ1v) is 15.6. The Labute approximate surface area is 269 Å². The van der Waals surface area contributed by atoms with Crippen LogP contribution in [0.1, 0.15) is 75.0 Å². The van der Waals surface area contributed by atoms with Gasteiger partial charge in [0.2, 0.25) is 5.91 Å². The largest absolute Gasteiger partial charge is 0.345 e. The highest BCUT2D eigenvalue weighted by molar-refractivity contribution is 5.95. The molecule has 1 fully saturated rings. The molecule has 0 bridgehead atoms. The van der Waals surface area contributed by atoms with Crippen molar-refractivity contribution in [1.82, 2.24) is 34.8 Å². The molecule has 1 aliphatic heterocycles. The summed E-state index contributed by atoms with van der Waals surface area (Å²) in [5, 5.41) is 17.6. The number of nitrogens with one attached hydrogen (secondary N) is 2. The molecule has 1 aliphatic carbocycles. The van der Waals surface area contributed by atoms with E-state index in [-0.39, 0.29) is 36.0 Å². The minimum absolute atomic E-state index is 0.0560. The van der Waals surface area contributed by atoms with Gasteiger partial charge in [-0.2, -0.15) is 10.4 Å². The number of nitriles is 1. The summed E-state index contributed by atoms with van der Waals surface area (Å²) in [7, 11) is 8.45. The number of carbonyl (C=O) groups is 3. The second kappa shape index (κ2) is 12.9. The molecule has 1 saturated heterocycles. The zero-order chi connectivity index (χ0) is 33.3. The number of aryl methyl sites for hydroxylation is 3. The van der Waals surface area contributed by atoms with Crippen molar-refractivity contribution in [3.05, 3.63) is 86.1 Å². The number of hydrogen-bond donors (Lipinski definition) is 2. The van der Waals surface area contributed by atoms with E-state index in [1.165, 1.54) is 14.5 Å². The van der Waals surface area contributed by atoms with Gasteiger partial charge in [-0.25, -0.2) is 9.48 Å². The summed E-state index contributed by atoms with van der Waals surface area (Å²) >= 11 is 0. The van der Waals surface area contributed by atoms with Crippen molar-refractivity contribution in [2.75, 3.05) is 41.3 Å². The molecule has 2 aromatic carbocycles. The Morgan fingerprint density at radius 3 is 2.09 bits per heavy atom. The van der Waals surface area contributed by atoms with Gasteiger partial charge in [0.25, 0.3) is 11.8 Å². The van der Waals surface area contributed by atoms with Crippen LogP contribution in [0.5, 0.6) is 0 Å². The first kappa shape index (κ1) is 32.6. The fourth-order valence-electron chi connectivity index (χ4n) is 6.89. The van der Waals surface area contributed by atoms with Gasteiger partial charge in [0, 0.05) is 59.0 Å². The molecule has 0 spiro atoms. The van der Waals surface area contributed by atoms with Crippen LogP contribution < -0.4 is 11.0 Å². The van der Waals surface area contributed by atoms with Crippen LogP contribution in [0.3, 0.4) is 0 Å². The zero-order valence-corrected chi connectivity index (χ0v) is 27.4. The molecule has 12 heteroatoms. The standard InChI is InChI=1S/C34H42N8O4/c1-21(36-20-29(43)42-15-7-8-26(42)19-35)18-34(32-37-33(46)41(6)38-32)27-13-11-24(30(44)39(2)3)16-22(27)9-10-23-17-25(12-14-28(23)34)31(45)40(4)5/h11-14,16-17,21,26,36H,7-10,15,18,20H2,1-6H3,(H,37,38,46)/t21-,26-/m0/s1. The minimum Gasteiger partial charge on any atom is -0.345 e. The Hall–Kier alpha value is -4.76. The molecule has 0 unspecified atom stereocenters. The maximum absolute atomic E-state index is 13.2. The van der Waals surface area contributed by atoms with Crippen molar-refractivity contribution >= 4 is 17.7 Å². The number of carbonyl (C=O) groups excluding carboxylic acids is 3. The molecule has 46 heavy (non-hydrogen) atoms. The number of rotatable bonds is 8. The highest BCUT2D eigenvalue weighted by Gasteiger charge is 2.45. The predicted molar refractivity (Wildman–Crippen MR) is 172 cm³/mol. The average Bonchev–Trinajstić information content (AvgIpc) is 3.63. The molecular formula is C34H42N8O4. The normalized spacial score (nSPS) is 17.3. The second-order valence-electron chi connectivity index (χ2n) is 12.8. The van der Waals surface area contributed by atoms with E-state index in [0.717, 1.165) is 28.7 Å². The Bertz CT molecular complexity index is 1690. The number of amides is 3. The van der Waals surface area contributed by atoms with Gasteiger partial charge in [0.1, 0.15) is 11.9 Å². The number of benzene rings is 2. The number of likely N-dealkylation sites (tertiary alicyclic amines) is 1. The van der Waals surface area contributed by atoms with Crippen molar-refractivity contribution in [3.8, 4) is 6.07 Å². The second-order valence-corrected chi connectivity index (χ2v) is 12.8. The van der Waals surface area contributed by atoms with Crippen LogP contribution in [0.4, 0.5) is 0 Å².